The lowest BCUT2D eigenvalue weighted by atomic mass is 10.2. The molecule has 5 nitrogen and oxygen atoms in total. The molecule has 0 heterocycles. The van der Waals surface area contributed by atoms with E-state index in [2.05, 4.69) is 10.2 Å². The second-order valence-corrected chi connectivity index (χ2v) is 6.08. The number of ether oxygens (including phenoxy) is 1. The number of nitrogens with two attached hydrogens (primary N) is 1. The fraction of sp³-hybridized carbons (Fsp3) is 0.235. The fourth-order valence-electron chi connectivity index (χ4n) is 1.77. The molecule has 2 rings (SSSR count). The first kappa shape index (κ1) is 17.0. The molecule has 0 amide bonds. The van der Waals surface area contributed by atoms with Gasteiger partial charge in [0.1, 0.15) is 5.75 Å². The molecule has 0 aliphatic carbocycles. The summed E-state index contributed by atoms with van der Waals surface area (Å²) in [5.41, 5.74) is 8.08. The van der Waals surface area contributed by atoms with E-state index in [0.717, 1.165) is 29.3 Å². The van der Waals surface area contributed by atoms with Crippen LogP contribution in [0.2, 0.25) is 0 Å². The second-order valence-electron chi connectivity index (χ2n) is 4.94. The van der Waals surface area contributed by atoms with Gasteiger partial charge in [-0.3, -0.25) is 5.41 Å². The highest BCUT2D eigenvalue weighted by atomic mass is 32.2. The molecule has 0 aliphatic heterocycles. The first-order chi connectivity index (χ1) is 11.1. The quantitative estimate of drug-likeness (QED) is 0.331. The van der Waals surface area contributed by atoms with Gasteiger partial charge in [-0.25, -0.2) is 0 Å². The minimum atomic E-state index is 0.147. The molecular weight excluding hydrogens is 308 g/mol. The molecule has 0 saturated carbocycles. The molecule has 120 valence electrons. The third kappa shape index (κ3) is 6.52. The molecule has 3 N–H and O–H groups in total. The van der Waals surface area contributed by atoms with Gasteiger partial charge in [0.05, 0.1) is 18.0 Å². The third-order valence-corrected chi connectivity index (χ3v) is 3.77. The molecule has 0 unspecified atom stereocenters. The van der Waals surface area contributed by atoms with Crippen LogP contribution in [0.3, 0.4) is 0 Å². The van der Waals surface area contributed by atoms with Gasteiger partial charge in [0.2, 0.25) is 0 Å². The van der Waals surface area contributed by atoms with E-state index in [1.54, 1.807) is 0 Å². The zero-order valence-electron chi connectivity index (χ0n) is 13.0. The number of hydrogen-bond donors (Lipinski definition) is 2. The van der Waals surface area contributed by atoms with Gasteiger partial charge in [-0.2, -0.15) is 10.2 Å². The Morgan fingerprint density at radius 2 is 1.61 bits per heavy atom. The van der Waals surface area contributed by atoms with E-state index in [9.17, 15) is 0 Å². The molecule has 2 aromatic carbocycles. The smallest absolute Gasteiger partial charge is 0.151 e. The normalized spacial score (nSPS) is 10.8. The van der Waals surface area contributed by atoms with Crippen molar-refractivity contribution in [2.45, 2.75) is 13.3 Å². The molecular formula is C17H20N4OS. The van der Waals surface area contributed by atoms with Crippen LogP contribution in [-0.4, -0.2) is 17.5 Å². The van der Waals surface area contributed by atoms with Crippen LogP contribution < -0.4 is 10.5 Å². The number of benzene rings is 2. The van der Waals surface area contributed by atoms with Crippen molar-refractivity contribution in [2.24, 2.45) is 16.0 Å². The lowest BCUT2D eigenvalue weighted by Gasteiger charge is -2.05. The maximum atomic E-state index is 7.11. The second kappa shape index (κ2) is 8.95. The van der Waals surface area contributed by atoms with Gasteiger partial charge in [0, 0.05) is 5.75 Å². The van der Waals surface area contributed by atoms with Crippen molar-refractivity contribution >= 4 is 28.3 Å². The monoisotopic (exact) mass is 328 g/mol. The Morgan fingerprint density at radius 1 is 1.04 bits per heavy atom. The summed E-state index contributed by atoms with van der Waals surface area (Å²) in [4.78, 5) is 0. The van der Waals surface area contributed by atoms with Crippen LogP contribution >= 0.6 is 11.8 Å². The average molecular weight is 328 g/mol. The Balaban J connectivity index is 1.80. The highest BCUT2D eigenvalue weighted by molar-refractivity contribution is 8.13. The molecule has 0 aromatic heterocycles. The van der Waals surface area contributed by atoms with Crippen LogP contribution in [0, 0.1) is 12.3 Å². The topological polar surface area (TPSA) is 83.8 Å². The van der Waals surface area contributed by atoms with Gasteiger partial charge >= 0.3 is 0 Å². The molecule has 0 saturated heterocycles. The van der Waals surface area contributed by atoms with Gasteiger partial charge in [-0.1, -0.05) is 29.5 Å². The molecule has 0 fully saturated rings. The van der Waals surface area contributed by atoms with E-state index in [0.29, 0.717) is 6.61 Å². The van der Waals surface area contributed by atoms with Crippen molar-refractivity contribution in [1.82, 2.24) is 0 Å². The standard InChI is InChI=1S/C17H20N4OS/c1-13-3-5-14(6-4-13)20-21-15-7-9-16(10-8-15)22-11-2-12-23-17(18)19/h3-10H,2,11-12H2,1H3,(H3,18,19). The number of hydrogen-bond acceptors (Lipinski definition) is 5. The predicted octanol–water partition coefficient (Wildman–Crippen LogP) is 4.81. The van der Waals surface area contributed by atoms with Crippen molar-refractivity contribution in [3.8, 4) is 5.75 Å². The van der Waals surface area contributed by atoms with Crippen LogP contribution in [0.5, 0.6) is 5.75 Å². The van der Waals surface area contributed by atoms with Crippen LogP contribution in [0.25, 0.3) is 0 Å². The summed E-state index contributed by atoms with van der Waals surface area (Å²) in [5.74, 6) is 1.59. The minimum absolute atomic E-state index is 0.147. The summed E-state index contributed by atoms with van der Waals surface area (Å²) < 4.78 is 5.62. The van der Waals surface area contributed by atoms with Crippen molar-refractivity contribution in [2.75, 3.05) is 12.4 Å². The van der Waals surface area contributed by atoms with Gasteiger partial charge in [0.15, 0.2) is 5.17 Å². The van der Waals surface area contributed by atoms with Crippen molar-refractivity contribution in [3.63, 3.8) is 0 Å². The Kier molecular flexibility index (Phi) is 6.62. The SMILES string of the molecule is Cc1ccc(N=Nc2ccc(OCCCSC(=N)N)cc2)cc1. The summed E-state index contributed by atoms with van der Waals surface area (Å²) in [7, 11) is 0. The number of nitrogens with zero attached hydrogens (tertiary/aromatic N) is 2. The Labute approximate surface area is 140 Å². The first-order valence-electron chi connectivity index (χ1n) is 7.31. The third-order valence-electron chi connectivity index (χ3n) is 2.97. The van der Waals surface area contributed by atoms with Crippen LogP contribution in [0.15, 0.2) is 58.8 Å². The fourth-order valence-corrected chi connectivity index (χ4v) is 2.25. The highest BCUT2D eigenvalue weighted by Gasteiger charge is 1.97. The van der Waals surface area contributed by atoms with E-state index in [1.807, 2.05) is 55.5 Å². The average Bonchev–Trinajstić information content (AvgIpc) is 2.55. The molecule has 2 aromatic rings. The maximum Gasteiger partial charge on any atom is 0.151 e. The predicted molar refractivity (Wildman–Crippen MR) is 96.3 cm³/mol. The molecule has 0 radical (unpaired) electrons. The molecule has 0 spiro atoms. The van der Waals surface area contributed by atoms with E-state index in [4.69, 9.17) is 15.9 Å². The Hall–Kier alpha value is -2.34. The molecule has 6 heteroatoms. The molecule has 23 heavy (non-hydrogen) atoms. The minimum Gasteiger partial charge on any atom is -0.494 e. The maximum absolute atomic E-state index is 7.11. The van der Waals surface area contributed by atoms with Gasteiger partial charge in [-0.15, -0.1) is 0 Å². The molecule has 0 aliphatic rings. The summed E-state index contributed by atoms with van der Waals surface area (Å²) in [6.07, 6.45) is 0.846. The number of amidine groups is 1. The summed E-state index contributed by atoms with van der Waals surface area (Å²) in [6.45, 7) is 2.64. The van der Waals surface area contributed by atoms with Gasteiger partial charge in [0.25, 0.3) is 0 Å². The highest BCUT2D eigenvalue weighted by Crippen LogP contribution is 2.21. The molecule has 0 atom stereocenters. The number of rotatable bonds is 7. The lowest BCUT2D eigenvalue weighted by Crippen LogP contribution is -2.06. The Bertz CT molecular complexity index is 653. The van der Waals surface area contributed by atoms with Crippen molar-refractivity contribution in [1.29, 1.82) is 5.41 Å². The van der Waals surface area contributed by atoms with Crippen LogP contribution in [-0.2, 0) is 0 Å². The van der Waals surface area contributed by atoms with E-state index < -0.39 is 0 Å². The largest absolute Gasteiger partial charge is 0.494 e. The number of azo groups is 1. The number of nitrogens with one attached hydrogen (secondary N) is 1. The Morgan fingerprint density at radius 3 is 2.17 bits per heavy atom. The van der Waals surface area contributed by atoms with E-state index in [-0.39, 0.29) is 5.17 Å². The van der Waals surface area contributed by atoms with Crippen molar-refractivity contribution in [3.05, 3.63) is 54.1 Å². The van der Waals surface area contributed by atoms with E-state index in [1.165, 1.54) is 17.3 Å². The van der Waals surface area contributed by atoms with Crippen LogP contribution in [0.1, 0.15) is 12.0 Å². The van der Waals surface area contributed by atoms with Gasteiger partial charge in [-0.05, 0) is 49.7 Å². The van der Waals surface area contributed by atoms with E-state index >= 15 is 0 Å². The first-order valence-corrected chi connectivity index (χ1v) is 8.30. The zero-order valence-corrected chi connectivity index (χ0v) is 13.8. The van der Waals surface area contributed by atoms with Crippen molar-refractivity contribution < 1.29 is 4.74 Å². The molecule has 0 bridgehead atoms. The summed E-state index contributed by atoms with van der Waals surface area (Å²) >= 11 is 1.33. The number of aryl methyl sites for hydroxylation is 1. The number of thioether (sulfide) groups is 1. The zero-order chi connectivity index (χ0) is 16.5. The lowest BCUT2D eigenvalue weighted by molar-refractivity contribution is 0.319. The summed E-state index contributed by atoms with van der Waals surface area (Å²) in [5, 5.41) is 15.7. The van der Waals surface area contributed by atoms with Gasteiger partial charge < -0.3 is 10.5 Å². The van der Waals surface area contributed by atoms with Crippen LogP contribution in [0.4, 0.5) is 11.4 Å². The summed E-state index contributed by atoms with van der Waals surface area (Å²) in [6, 6.07) is 15.4.